The molecule has 0 radical (unpaired) electrons. The highest BCUT2D eigenvalue weighted by molar-refractivity contribution is 8.13. The number of aromatic nitrogens is 2. The van der Waals surface area contributed by atoms with Crippen LogP contribution in [0.2, 0.25) is 0 Å². The van der Waals surface area contributed by atoms with Crippen LogP contribution in [-0.4, -0.2) is 30.4 Å². The summed E-state index contributed by atoms with van der Waals surface area (Å²) in [6, 6.07) is 0. The molecule has 114 valence electrons. The molecule has 6 nitrogen and oxygen atoms in total. The lowest BCUT2D eigenvalue weighted by Crippen LogP contribution is -2.28. The van der Waals surface area contributed by atoms with Crippen LogP contribution >= 0.6 is 10.7 Å². The molecule has 0 atom stereocenters. The van der Waals surface area contributed by atoms with Gasteiger partial charge in [-0.05, 0) is 6.42 Å². The van der Waals surface area contributed by atoms with E-state index in [0.29, 0.717) is 12.4 Å². The molecule has 0 bridgehead atoms. The van der Waals surface area contributed by atoms with Crippen molar-refractivity contribution in [3.63, 3.8) is 0 Å². The number of imidazole rings is 1. The highest BCUT2D eigenvalue weighted by atomic mass is 35.7. The Morgan fingerprint density at radius 2 is 2.15 bits per heavy atom. The maximum atomic E-state index is 11.8. The lowest BCUT2D eigenvalue weighted by molar-refractivity contribution is -0.121. The number of amides is 1. The minimum absolute atomic E-state index is 0.00870. The first-order valence-electron chi connectivity index (χ1n) is 6.54. The summed E-state index contributed by atoms with van der Waals surface area (Å²) in [5.41, 5.74) is 0. The van der Waals surface area contributed by atoms with Crippen molar-refractivity contribution in [2.45, 2.75) is 51.1 Å². The van der Waals surface area contributed by atoms with Crippen molar-refractivity contribution < 1.29 is 13.2 Å². The summed E-state index contributed by atoms with van der Waals surface area (Å²) in [5.74, 6) is 0.344. The van der Waals surface area contributed by atoms with Crippen LogP contribution in [0, 0.1) is 0 Å². The molecule has 0 saturated carbocycles. The van der Waals surface area contributed by atoms with Gasteiger partial charge in [-0.2, -0.15) is 0 Å². The van der Waals surface area contributed by atoms with Crippen LogP contribution in [0.5, 0.6) is 0 Å². The molecule has 8 heteroatoms. The Balaban J connectivity index is 2.88. The van der Waals surface area contributed by atoms with E-state index in [9.17, 15) is 13.2 Å². The monoisotopic (exact) mass is 321 g/mol. The molecule has 1 aromatic heterocycles. The van der Waals surface area contributed by atoms with E-state index in [4.69, 9.17) is 10.7 Å². The number of unbranched alkanes of at least 4 members (excludes halogenated alkanes) is 1. The van der Waals surface area contributed by atoms with Crippen molar-refractivity contribution >= 4 is 25.6 Å². The molecule has 0 aliphatic rings. The van der Waals surface area contributed by atoms with Gasteiger partial charge < -0.3 is 9.88 Å². The maximum absolute atomic E-state index is 11.8. The van der Waals surface area contributed by atoms with E-state index in [2.05, 4.69) is 10.3 Å². The van der Waals surface area contributed by atoms with Crippen molar-refractivity contribution in [2.24, 2.45) is 0 Å². The Morgan fingerprint density at radius 1 is 1.50 bits per heavy atom. The molecule has 1 aromatic rings. The van der Waals surface area contributed by atoms with Crippen molar-refractivity contribution in [2.75, 3.05) is 6.54 Å². The molecule has 0 aliphatic carbocycles. The molecule has 20 heavy (non-hydrogen) atoms. The van der Waals surface area contributed by atoms with Gasteiger partial charge >= 0.3 is 0 Å². The topological polar surface area (TPSA) is 81.1 Å². The number of hydrogen-bond acceptors (Lipinski definition) is 4. The third-order valence-corrected chi connectivity index (χ3v) is 3.89. The van der Waals surface area contributed by atoms with Gasteiger partial charge in [0.15, 0.2) is 5.03 Å². The Bertz CT molecular complexity index is 567. The molecule has 1 heterocycles. The summed E-state index contributed by atoms with van der Waals surface area (Å²) in [4.78, 5) is 15.8. The fourth-order valence-corrected chi connectivity index (χ4v) is 2.40. The number of halogens is 1. The first-order valence-corrected chi connectivity index (χ1v) is 8.85. The van der Waals surface area contributed by atoms with Gasteiger partial charge in [-0.25, -0.2) is 13.4 Å². The zero-order chi connectivity index (χ0) is 15.3. The Kier molecular flexibility index (Phi) is 6.01. The minimum atomic E-state index is -3.89. The summed E-state index contributed by atoms with van der Waals surface area (Å²) < 4.78 is 24.1. The molecule has 1 rings (SSSR count). The molecule has 0 aromatic carbocycles. The Hall–Kier alpha value is -1.08. The normalized spacial score (nSPS) is 11.8. The van der Waals surface area contributed by atoms with E-state index >= 15 is 0 Å². The van der Waals surface area contributed by atoms with Crippen LogP contribution in [-0.2, 0) is 20.4 Å². The van der Waals surface area contributed by atoms with Crippen LogP contribution in [0.25, 0.3) is 0 Å². The summed E-state index contributed by atoms with van der Waals surface area (Å²) in [7, 11) is 1.40. The van der Waals surface area contributed by atoms with Crippen LogP contribution in [0.3, 0.4) is 0 Å². The molecule has 0 spiro atoms. The molecular weight excluding hydrogens is 302 g/mol. The summed E-state index contributed by atoms with van der Waals surface area (Å²) in [5, 5.41) is 2.56. The van der Waals surface area contributed by atoms with Gasteiger partial charge in [-0.1, -0.05) is 27.2 Å². The molecule has 1 amide bonds. The van der Waals surface area contributed by atoms with Gasteiger partial charge in [0.1, 0.15) is 12.4 Å². The molecule has 1 N–H and O–H groups in total. The highest BCUT2D eigenvalue weighted by Crippen LogP contribution is 2.19. The summed E-state index contributed by atoms with van der Waals surface area (Å²) in [6.07, 6.45) is 3.21. The summed E-state index contributed by atoms with van der Waals surface area (Å²) in [6.45, 7) is 6.44. The van der Waals surface area contributed by atoms with Gasteiger partial charge in [0.2, 0.25) is 5.91 Å². The van der Waals surface area contributed by atoms with Crippen LogP contribution in [0.1, 0.15) is 45.4 Å². The number of rotatable bonds is 7. The van der Waals surface area contributed by atoms with Gasteiger partial charge in [0.25, 0.3) is 9.05 Å². The van der Waals surface area contributed by atoms with Crippen LogP contribution < -0.4 is 5.32 Å². The number of carbonyl (C=O) groups is 1. The Morgan fingerprint density at radius 3 is 2.65 bits per heavy atom. The standard InChI is InChI=1S/C12H20ClN3O3S/c1-4-5-6-14-10(17)7-16-8-11(20(13,18)19)15-12(16)9(2)3/h8-9H,4-7H2,1-3H3,(H,14,17). The quantitative estimate of drug-likeness (QED) is 0.614. The molecular formula is C12H20ClN3O3S. The largest absolute Gasteiger partial charge is 0.355 e. The fourth-order valence-electron chi connectivity index (χ4n) is 1.73. The lowest BCUT2D eigenvalue weighted by Gasteiger charge is -2.10. The van der Waals surface area contributed by atoms with Crippen molar-refractivity contribution in [1.29, 1.82) is 0 Å². The highest BCUT2D eigenvalue weighted by Gasteiger charge is 2.20. The minimum Gasteiger partial charge on any atom is -0.355 e. The van der Waals surface area contributed by atoms with Crippen molar-refractivity contribution in [1.82, 2.24) is 14.9 Å². The van der Waals surface area contributed by atoms with Crippen molar-refractivity contribution in [3.8, 4) is 0 Å². The van der Waals surface area contributed by atoms with E-state index in [1.165, 1.54) is 10.8 Å². The first-order chi connectivity index (χ1) is 9.25. The van der Waals surface area contributed by atoms with Gasteiger partial charge in [0, 0.05) is 29.3 Å². The van der Waals surface area contributed by atoms with E-state index in [0.717, 1.165) is 12.8 Å². The Labute approximate surface area is 123 Å². The van der Waals surface area contributed by atoms with Crippen molar-refractivity contribution in [3.05, 3.63) is 12.0 Å². The van der Waals surface area contributed by atoms with Gasteiger partial charge in [-0.3, -0.25) is 4.79 Å². The zero-order valence-electron chi connectivity index (χ0n) is 11.9. The SMILES string of the molecule is CCCCNC(=O)Cn1cc(S(=O)(=O)Cl)nc1C(C)C. The van der Waals surface area contributed by atoms with E-state index < -0.39 is 9.05 Å². The van der Waals surface area contributed by atoms with Crippen LogP contribution in [0.15, 0.2) is 11.2 Å². The van der Waals surface area contributed by atoms with Gasteiger partial charge in [-0.15, -0.1) is 0 Å². The molecule has 0 aliphatic heterocycles. The second kappa shape index (κ2) is 7.08. The number of hydrogen-bond donors (Lipinski definition) is 1. The van der Waals surface area contributed by atoms with Crippen LogP contribution in [0.4, 0.5) is 0 Å². The average molecular weight is 322 g/mol. The number of nitrogens with zero attached hydrogens (tertiary/aromatic N) is 2. The number of nitrogens with one attached hydrogen (secondary N) is 1. The predicted molar refractivity (Wildman–Crippen MR) is 77.3 cm³/mol. The molecule has 0 fully saturated rings. The predicted octanol–water partition coefficient (Wildman–Crippen LogP) is 1.85. The number of carbonyl (C=O) groups excluding carboxylic acids is 1. The third-order valence-electron chi connectivity index (χ3n) is 2.72. The lowest BCUT2D eigenvalue weighted by atomic mass is 10.2. The second-order valence-corrected chi connectivity index (χ2v) is 7.37. The van der Waals surface area contributed by atoms with Gasteiger partial charge in [0.05, 0.1) is 0 Å². The van der Waals surface area contributed by atoms with E-state index in [1.54, 1.807) is 0 Å². The molecule has 0 unspecified atom stereocenters. The van der Waals surface area contributed by atoms with E-state index in [1.807, 2.05) is 20.8 Å². The zero-order valence-corrected chi connectivity index (χ0v) is 13.5. The second-order valence-electron chi connectivity index (χ2n) is 4.86. The fraction of sp³-hybridized carbons (Fsp3) is 0.667. The average Bonchev–Trinajstić information content (AvgIpc) is 2.73. The van der Waals surface area contributed by atoms with E-state index in [-0.39, 0.29) is 23.4 Å². The smallest absolute Gasteiger partial charge is 0.280 e. The molecule has 0 saturated heterocycles. The summed E-state index contributed by atoms with van der Waals surface area (Å²) >= 11 is 0. The maximum Gasteiger partial charge on any atom is 0.280 e. The third kappa shape index (κ3) is 4.79. The first kappa shape index (κ1) is 17.0.